The fourth-order valence-corrected chi connectivity index (χ4v) is 3.42. The van der Waals surface area contributed by atoms with E-state index in [0.717, 1.165) is 49.9 Å². The molecule has 1 aliphatic heterocycles. The summed E-state index contributed by atoms with van der Waals surface area (Å²) in [5.74, 6) is 0.169. The summed E-state index contributed by atoms with van der Waals surface area (Å²) in [5.41, 5.74) is 0. The van der Waals surface area contributed by atoms with Gasteiger partial charge in [-0.1, -0.05) is 0 Å². The van der Waals surface area contributed by atoms with E-state index in [4.69, 9.17) is 9.52 Å². The molecule has 2 aromatic rings. The maximum atomic E-state index is 10.9. The second-order valence-electron chi connectivity index (χ2n) is 5.20. The molecule has 0 radical (unpaired) electrons. The minimum absolute atomic E-state index is 0.418. The van der Waals surface area contributed by atoms with Crippen LogP contribution in [0.1, 0.15) is 20.3 Å². The number of carbonyl (C=O) groups is 1. The average Bonchev–Trinajstić information content (AvgIpc) is 3.12. The van der Waals surface area contributed by atoms with Crippen LogP contribution in [0.2, 0.25) is 0 Å². The molecule has 3 rings (SSSR count). The Balaban J connectivity index is 1.48. The molecular weight excluding hydrogens is 288 g/mol. The third kappa shape index (κ3) is 3.72. The third-order valence-electron chi connectivity index (χ3n) is 3.68. The van der Waals surface area contributed by atoms with Crippen molar-refractivity contribution in [3.05, 3.63) is 46.0 Å². The summed E-state index contributed by atoms with van der Waals surface area (Å²) in [6.45, 7) is 5.73. The lowest BCUT2D eigenvalue weighted by molar-refractivity contribution is 0.0702. The molecule has 112 valence electrons. The molecule has 0 amide bonds. The molecule has 1 N–H and O–H groups in total. The van der Waals surface area contributed by atoms with Crippen molar-refractivity contribution in [1.29, 1.82) is 0 Å². The molecule has 0 unspecified atom stereocenters. The van der Waals surface area contributed by atoms with E-state index in [-0.39, 0.29) is 0 Å². The maximum absolute atomic E-state index is 10.9. The van der Waals surface area contributed by atoms with Crippen LogP contribution < -0.4 is 0 Å². The van der Waals surface area contributed by atoms with Crippen LogP contribution in [-0.2, 0) is 13.1 Å². The van der Waals surface area contributed by atoms with Gasteiger partial charge in [0.15, 0.2) is 0 Å². The van der Waals surface area contributed by atoms with Gasteiger partial charge in [-0.05, 0) is 24.3 Å². The van der Waals surface area contributed by atoms with Gasteiger partial charge >= 0.3 is 5.97 Å². The lowest BCUT2D eigenvalue weighted by Crippen LogP contribution is -2.45. The number of hydrogen-bond donors (Lipinski definition) is 1. The van der Waals surface area contributed by atoms with Gasteiger partial charge in [0.05, 0.1) is 12.8 Å². The largest absolute Gasteiger partial charge is 0.477 e. The maximum Gasteiger partial charge on any atom is 0.345 e. The zero-order valence-corrected chi connectivity index (χ0v) is 12.5. The van der Waals surface area contributed by atoms with Gasteiger partial charge in [0.25, 0.3) is 0 Å². The van der Waals surface area contributed by atoms with Gasteiger partial charge in [-0.3, -0.25) is 9.80 Å². The monoisotopic (exact) mass is 306 g/mol. The van der Waals surface area contributed by atoms with Crippen molar-refractivity contribution in [2.24, 2.45) is 0 Å². The molecule has 0 aliphatic carbocycles. The Hall–Kier alpha value is -1.63. The second-order valence-corrected chi connectivity index (χ2v) is 6.37. The predicted molar refractivity (Wildman–Crippen MR) is 80.5 cm³/mol. The molecule has 21 heavy (non-hydrogen) atoms. The van der Waals surface area contributed by atoms with Crippen LogP contribution in [0.4, 0.5) is 0 Å². The van der Waals surface area contributed by atoms with E-state index >= 15 is 0 Å². The van der Waals surface area contributed by atoms with Crippen molar-refractivity contribution in [3.63, 3.8) is 0 Å². The smallest absolute Gasteiger partial charge is 0.345 e. The first kappa shape index (κ1) is 14.3. The summed E-state index contributed by atoms with van der Waals surface area (Å²) < 4.78 is 5.37. The van der Waals surface area contributed by atoms with E-state index in [1.54, 1.807) is 12.3 Å². The first-order valence-electron chi connectivity index (χ1n) is 7.00. The van der Waals surface area contributed by atoms with Crippen LogP contribution in [-0.4, -0.2) is 47.1 Å². The molecule has 0 bridgehead atoms. The summed E-state index contributed by atoms with van der Waals surface area (Å²) in [5, 5.41) is 8.94. The quantitative estimate of drug-likeness (QED) is 0.919. The summed E-state index contributed by atoms with van der Waals surface area (Å²) in [6.07, 6.45) is 1.71. The lowest BCUT2D eigenvalue weighted by Gasteiger charge is -2.33. The fourth-order valence-electron chi connectivity index (χ4n) is 2.53. The van der Waals surface area contributed by atoms with E-state index in [2.05, 4.69) is 9.80 Å². The van der Waals surface area contributed by atoms with Gasteiger partial charge in [-0.2, -0.15) is 0 Å². The van der Waals surface area contributed by atoms with Crippen LogP contribution in [0, 0.1) is 0 Å². The molecule has 3 heterocycles. The Bertz CT molecular complexity index is 586. The number of aromatic carboxylic acids is 1. The number of carboxylic acid groups (broad SMARTS) is 1. The number of furan rings is 1. The first-order valence-corrected chi connectivity index (χ1v) is 7.81. The zero-order chi connectivity index (χ0) is 14.7. The number of thiophene rings is 1. The second kappa shape index (κ2) is 6.43. The van der Waals surface area contributed by atoms with Crippen molar-refractivity contribution in [2.45, 2.75) is 13.1 Å². The number of carboxylic acids is 1. The Morgan fingerprint density at radius 2 is 1.86 bits per heavy atom. The highest BCUT2D eigenvalue weighted by Gasteiger charge is 2.18. The van der Waals surface area contributed by atoms with Crippen LogP contribution in [0.25, 0.3) is 0 Å². The van der Waals surface area contributed by atoms with Crippen LogP contribution >= 0.6 is 11.3 Å². The Labute approximate surface area is 127 Å². The van der Waals surface area contributed by atoms with E-state index in [9.17, 15) is 4.79 Å². The number of nitrogens with zero attached hydrogens (tertiary/aromatic N) is 2. The van der Waals surface area contributed by atoms with Crippen molar-refractivity contribution >= 4 is 17.3 Å². The molecule has 0 atom stereocenters. The zero-order valence-electron chi connectivity index (χ0n) is 11.7. The van der Waals surface area contributed by atoms with Gasteiger partial charge in [0.2, 0.25) is 0 Å². The Kier molecular flexibility index (Phi) is 4.38. The van der Waals surface area contributed by atoms with E-state index < -0.39 is 5.97 Å². The van der Waals surface area contributed by atoms with Crippen molar-refractivity contribution in [3.8, 4) is 0 Å². The molecule has 1 fully saturated rings. The van der Waals surface area contributed by atoms with Gasteiger partial charge in [0, 0.05) is 37.6 Å². The van der Waals surface area contributed by atoms with Crippen LogP contribution in [0.15, 0.2) is 34.9 Å². The van der Waals surface area contributed by atoms with Crippen LogP contribution in [0.3, 0.4) is 0 Å². The molecule has 2 aromatic heterocycles. The Morgan fingerprint density at radius 1 is 1.14 bits per heavy atom. The summed E-state index contributed by atoms with van der Waals surface area (Å²) in [6, 6.07) is 7.53. The average molecular weight is 306 g/mol. The first-order chi connectivity index (χ1) is 10.2. The van der Waals surface area contributed by atoms with E-state index in [1.165, 1.54) is 11.3 Å². The molecular formula is C15H18N2O3S. The van der Waals surface area contributed by atoms with Gasteiger partial charge in [-0.15, -0.1) is 11.3 Å². The topological polar surface area (TPSA) is 56.9 Å². The minimum Gasteiger partial charge on any atom is -0.477 e. The van der Waals surface area contributed by atoms with Gasteiger partial charge in [-0.25, -0.2) is 4.79 Å². The number of rotatable bonds is 5. The van der Waals surface area contributed by atoms with Crippen LogP contribution in [0.5, 0.6) is 0 Å². The van der Waals surface area contributed by atoms with Gasteiger partial charge < -0.3 is 9.52 Å². The minimum atomic E-state index is -0.838. The molecule has 6 heteroatoms. The summed E-state index contributed by atoms with van der Waals surface area (Å²) in [4.78, 5) is 17.2. The number of piperazine rings is 1. The van der Waals surface area contributed by atoms with E-state index in [0.29, 0.717) is 4.88 Å². The number of hydrogen-bond acceptors (Lipinski definition) is 5. The Morgan fingerprint density at radius 3 is 2.43 bits per heavy atom. The highest BCUT2D eigenvalue weighted by Crippen LogP contribution is 2.19. The van der Waals surface area contributed by atoms with Gasteiger partial charge in [0.1, 0.15) is 10.6 Å². The molecule has 0 saturated carbocycles. The van der Waals surface area contributed by atoms with Crippen molar-refractivity contribution in [1.82, 2.24) is 9.80 Å². The third-order valence-corrected chi connectivity index (χ3v) is 4.73. The summed E-state index contributed by atoms with van der Waals surface area (Å²) >= 11 is 1.37. The highest BCUT2D eigenvalue weighted by molar-refractivity contribution is 7.13. The summed E-state index contributed by atoms with van der Waals surface area (Å²) in [7, 11) is 0. The lowest BCUT2D eigenvalue weighted by atomic mass is 10.3. The predicted octanol–water partition coefficient (Wildman–Crippen LogP) is 2.36. The molecule has 1 aliphatic rings. The molecule has 5 nitrogen and oxygen atoms in total. The molecule has 1 saturated heterocycles. The molecule has 0 aromatic carbocycles. The fraction of sp³-hybridized carbons (Fsp3) is 0.400. The highest BCUT2D eigenvalue weighted by atomic mass is 32.1. The van der Waals surface area contributed by atoms with E-state index in [1.807, 2.05) is 18.2 Å². The van der Waals surface area contributed by atoms with Crippen molar-refractivity contribution in [2.75, 3.05) is 26.2 Å². The van der Waals surface area contributed by atoms with Crippen molar-refractivity contribution < 1.29 is 14.3 Å². The normalized spacial score (nSPS) is 17.1. The molecule has 0 spiro atoms. The SMILES string of the molecule is O=C(O)c1ccc(CN2CCN(Cc3ccco3)CC2)s1. The standard InChI is InChI=1S/C15H18N2O3S/c18-15(19)14-4-3-13(21-14)11-17-7-5-16(6-8-17)10-12-2-1-9-20-12/h1-4,9H,5-8,10-11H2,(H,18,19).